The van der Waals surface area contributed by atoms with Gasteiger partial charge in [-0.15, -0.1) is 0 Å². The topological polar surface area (TPSA) is 63.7 Å². The van der Waals surface area contributed by atoms with Crippen molar-refractivity contribution in [2.24, 2.45) is 11.3 Å². The summed E-state index contributed by atoms with van der Waals surface area (Å²) in [7, 11) is 0. The monoisotopic (exact) mass is 401 g/mol. The maximum Gasteiger partial charge on any atom is 0.230 e. The summed E-state index contributed by atoms with van der Waals surface area (Å²) in [4.78, 5) is 19.6. The highest BCUT2D eigenvalue weighted by atomic mass is 35.5. The molecule has 2 saturated heterocycles. The van der Waals surface area contributed by atoms with Gasteiger partial charge in [-0.3, -0.25) is 14.7 Å². The Morgan fingerprint density at radius 1 is 1.32 bits per heavy atom. The Bertz CT molecular complexity index is 802. The van der Waals surface area contributed by atoms with Crippen molar-refractivity contribution in [1.29, 1.82) is 0 Å². The van der Waals surface area contributed by atoms with E-state index in [0.29, 0.717) is 37.9 Å². The molecule has 2 aliphatic heterocycles. The van der Waals surface area contributed by atoms with Gasteiger partial charge in [-0.1, -0.05) is 17.7 Å². The number of carbonyl (C=O) groups is 1. The van der Waals surface area contributed by atoms with E-state index >= 15 is 0 Å². The number of halogens is 1. The number of nitrogens with zero attached hydrogens (tertiary/aromatic N) is 2. The van der Waals surface area contributed by atoms with Crippen LogP contribution in [-0.4, -0.2) is 55.2 Å². The van der Waals surface area contributed by atoms with E-state index in [-0.39, 0.29) is 11.8 Å². The van der Waals surface area contributed by atoms with Crippen LogP contribution in [0.2, 0.25) is 5.02 Å². The molecule has 148 valence electrons. The van der Waals surface area contributed by atoms with E-state index in [1.807, 2.05) is 42.5 Å². The minimum absolute atomic E-state index is 0.0572. The average Bonchev–Trinajstić information content (AvgIpc) is 3.26. The Morgan fingerprint density at radius 3 is 2.96 bits per heavy atom. The second-order valence-corrected chi connectivity index (χ2v) is 7.85. The lowest BCUT2D eigenvalue weighted by Gasteiger charge is -2.26. The van der Waals surface area contributed by atoms with Crippen molar-refractivity contribution in [1.82, 2.24) is 15.2 Å². The van der Waals surface area contributed by atoms with Gasteiger partial charge < -0.3 is 14.8 Å². The number of ether oxygens (including phenoxy) is 2. The molecule has 28 heavy (non-hydrogen) atoms. The number of amides is 1. The third-order valence-electron chi connectivity index (χ3n) is 5.54. The molecule has 0 spiro atoms. The number of benzene rings is 1. The van der Waals surface area contributed by atoms with E-state index in [1.54, 1.807) is 6.20 Å². The molecule has 2 aromatic rings. The van der Waals surface area contributed by atoms with Gasteiger partial charge in [0.2, 0.25) is 5.91 Å². The Labute approximate surface area is 169 Å². The van der Waals surface area contributed by atoms with Gasteiger partial charge in [0.05, 0.1) is 30.9 Å². The van der Waals surface area contributed by atoms with Crippen LogP contribution in [0.25, 0.3) is 0 Å². The number of hydrogen-bond acceptors (Lipinski definition) is 5. The zero-order chi connectivity index (χ0) is 19.4. The van der Waals surface area contributed by atoms with Crippen molar-refractivity contribution < 1.29 is 14.3 Å². The first-order chi connectivity index (χ1) is 13.7. The molecular weight excluding hydrogens is 378 g/mol. The van der Waals surface area contributed by atoms with Crippen LogP contribution in [0.1, 0.15) is 5.69 Å². The third kappa shape index (κ3) is 4.14. The molecule has 1 aromatic heterocycles. The van der Waals surface area contributed by atoms with Crippen LogP contribution in [0.5, 0.6) is 5.75 Å². The minimum atomic E-state index is -0.477. The van der Waals surface area contributed by atoms with Gasteiger partial charge in [-0.25, -0.2) is 0 Å². The van der Waals surface area contributed by atoms with Crippen molar-refractivity contribution in [3.8, 4) is 5.75 Å². The fraction of sp³-hybridized carbons (Fsp3) is 0.429. The molecule has 2 atom stereocenters. The van der Waals surface area contributed by atoms with Crippen LogP contribution in [0.4, 0.5) is 0 Å². The lowest BCUT2D eigenvalue weighted by Crippen LogP contribution is -2.46. The van der Waals surface area contributed by atoms with Crippen LogP contribution in [-0.2, 0) is 16.1 Å². The number of aromatic nitrogens is 1. The zero-order valence-corrected chi connectivity index (χ0v) is 16.4. The first kappa shape index (κ1) is 19.2. The van der Waals surface area contributed by atoms with Gasteiger partial charge in [0.25, 0.3) is 0 Å². The summed E-state index contributed by atoms with van der Waals surface area (Å²) < 4.78 is 11.5. The molecule has 0 bridgehead atoms. The van der Waals surface area contributed by atoms with Crippen molar-refractivity contribution in [3.63, 3.8) is 0 Å². The lowest BCUT2D eigenvalue weighted by atomic mass is 9.80. The predicted octanol–water partition coefficient (Wildman–Crippen LogP) is 2.38. The molecular formula is C21H24ClN3O3. The molecule has 7 heteroatoms. The molecule has 0 saturated carbocycles. The van der Waals surface area contributed by atoms with Crippen LogP contribution in [0, 0.1) is 11.3 Å². The highest BCUT2D eigenvalue weighted by Gasteiger charge is 2.55. The second-order valence-electron chi connectivity index (χ2n) is 7.41. The summed E-state index contributed by atoms with van der Waals surface area (Å²) in [6.45, 7) is 4.42. The number of rotatable bonds is 7. The summed E-state index contributed by atoms with van der Waals surface area (Å²) >= 11 is 5.90. The molecule has 3 heterocycles. The van der Waals surface area contributed by atoms with Gasteiger partial charge in [-0.2, -0.15) is 0 Å². The van der Waals surface area contributed by atoms with Gasteiger partial charge in [0, 0.05) is 36.8 Å². The molecule has 6 nitrogen and oxygen atoms in total. The van der Waals surface area contributed by atoms with Gasteiger partial charge in [0.1, 0.15) is 12.4 Å². The van der Waals surface area contributed by atoms with E-state index in [0.717, 1.165) is 24.5 Å². The highest BCUT2D eigenvalue weighted by Crippen LogP contribution is 2.41. The zero-order valence-electron chi connectivity index (χ0n) is 15.6. The predicted molar refractivity (Wildman–Crippen MR) is 106 cm³/mol. The Balaban J connectivity index is 1.31. The molecule has 2 aliphatic rings. The number of carbonyl (C=O) groups excluding carboxylic acids is 1. The number of pyridine rings is 1. The normalized spacial score (nSPS) is 24.1. The number of fused-ring (bicyclic) bond motifs is 1. The van der Waals surface area contributed by atoms with Gasteiger partial charge >= 0.3 is 0 Å². The molecule has 0 aliphatic carbocycles. The summed E-state index contributed by atoms with van der Waals surface area (Å²) in [5.74, 6) is 1.07. The molecule has 2 fully saturated rings. The molecule has 0 unspecified atom stereocenters. The van der Waals surface area contributed by atoms with Crippen LogP contribution in [0.3, 0.4) is 0 Å². The quantitative estimate of drug-likeness (QED) is 0.771. The molecule has 1 amide bonds. The largest absolute Gasteiger partial charge is 0.492 e. The number of nitrogens with one attached hydrogen (secondary N) is 1. The Hall–Kier alpha value is -2.15. The standard InChI is InChI=1S/C21H24ClN3O3/c22-17-4-6-19(7-5-17)28-10-9-25-12-16-13-27-15-21(16,14-25)20(26)24-11-18-3-1-2-8-23-18/h1-8,16H,9-15H2,(H,24,26)/t16-,21-/m0/s1. The fourth-order valence-electron chi connectivity index (χ4n) is 4.00. The van der Waals surface area contributed by atoms with Gasteiger partial charge in [0.15, 0.2) is 0 Å². The van der Waals surface area contributed by atoms with Crippen molar-refractivity contribution >= 4 is 17.5 Å². The highest BCUT2D eigenvalue weighted by molar-refractivity contribution is 6.30. The summed E-state index contributed by atoms with van der Waals surface area (Å²) in [6.07, 6.45) is 1.74. The maximum atomic E-state index is 13.0. The number of hydrogen-bond donors (Lipinski definition) is 1. The van der Waals surface area contributed by atoms with Crippen molar-refractivity contribution in [2.75, 3.05) is 39.5 Å². The van der Waals surface area contributed by atoms with E-state index in [9.17, 15) is 4.79 Å². The lowest BCUT2D eigenvalue weighted by molar-refractivity contribution is -0.131. The molecule has 4 rings (SSSR count). The van der Waals surface area contributed by atoms with Gasteiger partial charge in [-0.05, 0) is 36.4 Å². The summed E-state index contributed by atoms with van der Waals surface area (Å²) in [5, 5.41) is 3.75. The summed E-state index contributed by atoms with van der Waals surface area (Å²) in [5.41, 5.74) is 0.378. The Morgan fingerprint density at radius 2 is 2.18 bits per heavy atom. The van der Waals surface area contributed by atoms with E-state index < -0.39 is 5.41 Å². The first-order valence-corrected chi connectivity index (χ1v) is 9.90. The van der Waals surface area contributed by atoms with Crippen LogP contribution in [0.15, 0.2) is 48.7 Å². The third-order valence-corrected chi connectivity index (χ3v) is 5.79. The van der Waals surface area contributed by atoms with Crippen LogP contribution >= 0.6 is 11.6 Å². The average molecular weight is 402 g/mol. The van der Waals surface area contributed by atoms with E-state index in [1.165, 1.54) is 0 Å². The fourth-order valence-corrected chi connectivity index (χ4v) is 4.13. The number of likely N-dealkylation sites (tertiary alicyclic amines) is 1. The van der Waals surface area contributed by atoms with Crippen LogP contribution < -0.4 is 10.1 Å². The second kappa shape index (κ2) is 8.47. The SMILES string of the molecule is O=C(NCc1ccccn1)[C@@]12COC[C@@H]1CN(CCOc1ccc(Cl)cc1)C2. The Kier molecular flexibility index (Phi) is 5.80. The molecule has 1 N–H and O–H groups in total. The molecule has 1 aromatic carbocycles. The van der Waals surface area contributed by atoms with Crippen molar-refractivity contribution in [3.05, 3.63) is 59.4 Å². The summed E-state index contributed by atoms with van der Waals surface area (Å²) in [6, 6.07) is 13.1. The van der Waals surface area contributed by atoms with Crippen molar-refractivity contribution in [2.45, 2.75) is 6.54 Å². The molecule has 0 radical (unpaired) electrons. The minimum Gasteiger partial charge on any atom is -0.492 e. The maximum absolute atomic E-state index is 13.0. The first-order valence-electron chi connectivity index (χ1n) is 9.52. The van der Waals surface area contributed by atoms with E-state index in [2.05, 4.69) is 15.2 Å². The van der Waals surface area contributed by atoms with E-state index in [4.69, 9.17) is 21.1 Å². The smallest absolute Gasteiger partial charge is 0.230 e.